The van der Waals surface area contributed by atoms with Gasteiger partial charge in [0.1, 0.15) is 11.6 Å². The van der Waals surface area contributed by atoms with E-state index >= 15 is 0 Å². The molecule has 0 saturated carbocycles. The molecular formula is C27H22F3N5O2. The highest BCUT2D eigenvalue weighted by Gasteiger charge is 2.56. The number of anilines is 2. The number of aromatic hydroxyl groups is 1. The lowest BCUT2D eigenvalue weighted by Crippen LogP contribution is -2.57. The van der Waals surface area contributed by atoms with Crippen LogP contribution in [0.1, 0.15) is 12.0 Å². The Morgan fingerprint density at radius 1 is 1.16 bits per heavy atom. The summed E-state index contributed by atoms with van der Waals surface area (Å²) in [6.07, 6.45) is -1.46. The number of ether oxygens (including phenoxy) is 1. The van der Waals surface area contributed by atoms with Crippen LogP contribution >= 0.6 is 0 Å². The van der Waals surface area contributed by atoms with Crippen molar-refractivity contribution in [1.82, 2.24) is 15.2 Å². The van der Waals surface area contributed by atoms with Gasteiger partial charge in [0, 0.05) is 30.0 Å². The Labute approximate surface area is 210 Å². The molecule has 188 valence electrons. The Balaban J connectivity index is 1.33. The fourth-order valence-electron chi connectivity index (χ4n) is 5.12. The summed E-state index contributed by atoms with van der Waals surface area (Å²) < 4.78 is 49.3. The van der Waals surface area contributed by atoms with Crippen LogP contribution < -0.4 is 15.0 Å². The zero-order valence-electron chi connectivity index (χ0n) is 19.5. The van der Waals surface area contributed by atoms with Crippen molar-refractivity contribution >= 4 is 28.5 Å². The van der Waals surface area contributed by atoms with Crippen molar-refractivity contribution in [3.63, 3.8) is 0 Å². The van der Waals surface area contributed by atoms with Crippen LogP contribution in [-0.4, -0.2) is 51.4 Å². The van der Waals surface area contributed by atoms with Gasteiger partial charge in [-0.05, 0) is 42.0 Å². The minimum absolute atomic E-state index is 0.0494. The topological polar surface area (TPSA) is 83.4 Å². The summed E-state index contributed by atoms with van der Waals surface area (Å²) in [5, 5.41) is 22.3. The van der Waals surface area contributed by atoms with Gasteiger partial charge in [-0.25, -0.2) is 18.2 Å². The highest BCUT2D eigenvalue weighted by atomic mass is 19.3. The van der Waals surface area contributed by atoms with E-state index in [1.807, 2.05) is 24.3 Å². The van der Waals surface area contributed by atoms with E-state index in [1.54, 1.807) is 17.0 Å². The number of fused-ring (bicyclic) bond motifs is 4. The first-order valence-corrected chi connectivity index (χ1v) is 11.7. The van der Waals surface area contributed by atoms with Crippen molar-refractivity contribution in [3.05, 3.63) is 72.6 Å². The van der Waals surface area contributed by atoms with Crippen LogP contribution in [0, 0.1) is 5.82 Å². The van der Waals surface area contributed by atoms with Crippen LogP contribution in [0.2, 0.25) is 0 Å². The molecule has 2 aromatic heterocycles. The molecular weight excluding hydrogens is 483 g/mol. The summed E-state index contributed by atoms with van der Waals surface area (Å²) in [4.78, 5) is 6.13. The molecule has 0 spiro atoms. The van der Waals surface area contributed by atoms with Gasteiger partial charge >= 0.3 is 0 Å². The number of hydrogen-bond donors (Lipinski definition) is 2. The van der Waals surface area contributed by atoms with E-state index in [1.165, 1.54) is 18.2 Å². The Hall–Kier alpha value is -4.34. The van der Waals surface area contributed by atoms with Crippen LogP contribution in [0.15, 0.2) is 61.2 Å². The standard InChI is InChI=1S/C27H22F3N5O2/c1-2-15-6-8-20-16(10-15)7-9-23(32-20)37-17-12-27(26(29)30)14-31-25-22(35(27)13-17)11-21(33-34-25)18-4-3-5-19(28)24(18)36/h2-11,17,26,36H,1,12-14H2,(H,31,34)/t17-,27-/m1/s1. The number of pyridine rings is 1. The molecule has 2 atom stereocenters. The van der Waals surface area contributed by atoms with Crippen molar-refractivity contribution in [3.8, 4) is 22.9 Å². The molecule has 1 saturated heterocycles. The number of benzene rings is 2. The first-order chi connectivity index (χ1) is 17.9. The highest BCUT2D eigenvalue weighted by Crippen LogP contribution is 2.46. The number of para-hydroxylation sites is 1. The minimum atomic E-state index is -2.69. The van der Waals surface area contributed by atoms with Crippen LogP contribution in [-0.2, 0) is 0 Å². The van der Waals surface area contributed by atoms with Crippen molar-refractivity contribution < 1.29 is 23.0 Å². The van der Waals surface area contributed by atoms with Crippen molar-refractivity contribution in [2.45, 2.75) is 24.5 Å². The normalized spacial score (nSPS) is 20.4. The summed E-state index contributed by atoms with van der Waals surface area (Å²) in [6.45, 7) is 3.88. The van der Waals surface area contributed by atoms with Crippen molar-refractivity contribution in [2.75, 3.05) is 23.3 Å². The molecule has 7 nitrogen and oxygen atoms in total. The second-order valence-electron chi connectivity index (χ2n) is 9.22. The number of phenolic OH excluding ortho intramolecular Hbond substituents is 1. The van der Waals surface area contributed by atoms with E-state index in [-0.39, 0.29) is 30.8 Å². The van der Waals surface area contributed by atoms with Crippen molar-refractivity contribution in [1.29, 1.82) is 0 Å². The molecule has 2 aromatic carbocycles. The lowest BCUT2D eigenvalue weighted by Gasteiger charge is -2.43. The van der Waals surface area contributed by atoms with E-state index < -0.39 is 29.6 Å². The molecule has 10 heteroatoms. The Morgan fingerprint density at radius 2 is 2.03 bits per heavy atom. The van der Waals surface area contributed by atoms with E-state index in [0.717, 1.165) is 22.5 Å². The third-order valence-electron chi connectivity index (χ3n) is 7.01. The first kappa shape index (κ1) is 23.1. The average Bonchev–Trinajstić information content (AvgIpc) is 3.30. The molecule has 0 amide bonds. The summed E-state index contributed by atoms with van der Waals surface area (Å²) in [7, 11) is 0. The van der Waals surface area contributed by atoms with Crippen LogP contribution in [0.5, 0.6) is 11.6 Å². The van der Waals surface area contributed by atoms with E-state index in [0.29, 0.717) is 17.4 Å². The summed E-state index contributed by atoms with van der Waals surface area (Å²) in [5.41, 5.74) is 0.823. The van der Waals surface area contributed by atoms with E-state index in [4.69, 9.17) is 4.74 Å². The SMILES string of the molecule is C=Cc1ccc2nc(O[C@H]3CN4c5cc(-c6cccc(F)c6O)nnc5NC[C@@]4(C(F)F)C3)ccc2c1. The molecule has 0 radical (unpaired) electrons. The number of hydrogen-bond acceptors (Lipinski definition) is 7. The van der Waals surface area contributed by atoms with Gasteiger partial charge in [0.25, 0.3) is 6.43 Å². The Kier molecular flexibility index (Phi) is 5.40. The summed E-state index contributed by atoms with van der Waals surface area (Å²) in [5.74, 6) is -0.709. The van der Waals surface area contributed by atoms with Crippen LogP contribution in [0.25, 0.3) is 28.2 Å². The monoisotopic (exact) mass is 505 g/mol. The Bertz CT molecular complexity index is 1530. The highest BCUT2D eigenvalue weighted by molar-refractivity contribution is 5.82. The second kappa shape index (κ2) is 8.65. The number of nitrogens with zero attached hydrogens (tertiary/aromatic N) is 4. The van der Waals surface area contributed by atoms with E-state index in [9.17, 15) is 18.3 Å². The van der Waals surface area contributed by atoms with E-state index in [2.05, 4.69) is 27.1 Å². The summed E-state index contributed by atoms with van der Waals surface area (Å²) in [6, 6.07) is 14.9. The maximum Gasteiger partial charge on any atom is 0.263 e. The maximum absolute atomic E-state index is 14.6. The number of halogens is 3. The molecule has 2 aliphatic heterocycles. The molecule has 0 bridgehead atoms. The molecule has 4 aromatic rings. The molecule has 0 aliphatic carbocycles. The van der Waals surface area contributed by atoms with Gasteiger partial charge in [0.2, 0.25) is 5.88 Å². The predicted molar refractivity (Wildman–Crippen MR) is 135 cm³/mol. The third-order valence-corrected chi connectivity index (χ3v) is 7.01. The van der Waals surface area contributed by atoms with Crippen LogP contribution in [0.3, 0.4) is 0 Å². The molecule has 37 heavy (non-hydrogen) atoms. The zero-order chi connectivity index (χ0) is 25.7. The summed E-state index contributed by atoms with van der Waals surface area (Å²) >= 11 is 0. The van der Waals surface area contributed by atoms with Gasteiger partial charge in [-0.2, -0.15) is 0 Å². The number of nitrogens with one attached hydrogen (secondary N) is 1. The van der Waals surface area contributed by atoms with Gasteiger partial charge < -0.3 is 20.1 Å². The largest absolute Gasteiger partial charge is 0.504 e. The number of alkyl halides is 2. The van der Waals surface area contributed by atoms with Gasteiger partial charge in [0.15, 0.2) is 17.4 Å². The minimum Gasteiger partial charge on any atom is -0.504 e. The van der Waals surface area contributed by atoms with Crippen molar-refractivity contribution in [2.24, 2.45) is 0 Å². The zero-order valence-corrected chi connectivity index (χ0v) is 19.5. The quantitative estimate of drug-likeness (QED) is 0.383. The van der Waals surface area contributed by atoms with Gasteiger partial charge in [-0.1, -0.05) is 24.8 Å². The smallest absolute Gasteiger partial charge is 0.263 e. The average molecular weight is 506 g/mol. The third kappa shape index (κ3) is 3.80. The number of rotatable bonds is 5. The second-order valence-corrected chi connectivity index (χ2v) is 9.22. The van der Waals surface area contributed by atoms with Gasteiger partial charge in [-0.3, -0.25) is 0 Å². The lowest BCUT2D eigenvalue weighted by molar-refractivity contribution is 0.0529. The molecule has 0 unspecified atom stereocenters. The van der Waals surface area contributed by atoms with Gasteiger partial charge in [0.05, 0.1) is 23.4 Å². The number of phenols is 1. The molecule has 4 heterocycles. The fraction of sp³-hybridized carbons (Fsp3) is 0.222. The molecule has 2 aliphatic rings. The predicted octanol–water partition coefficient (Wildman–Crippen LogP) is 5.27. The Morgan fingerprint density at radius 3 is 2.84 bits per heavy atom. The maximum atomic E-state index is 14.6. The molecule has 2 N–H and O–H groups in total. The molecule has 1 fully saturated rings. The lowest BCUT2D eigenvalue weighted by atomic mass is 9.93. The van der Waals surface area contributed by atoms with Gasteiger partial charge in [-0.15, -0.1) is 10.2 Å². The number of aromatic nitrogens is 3. The first-order valence-electron chi connectivity index (χ1n) is 11.7. The molecule has 6 rings (SSSR count). The fourth-order valence-corrected chi connectivity index (χ4v) is 5.12. The van der Waals surface area contributed by atoms with Crippen LogP contribution in [0.4, 0.5) is 24.7 Å².